The van der Waals surface area contributed by atoms with Crippen LogP contribution in [0.15, 0.2) is 24.3 Å². The molecule has 0 atom stereocenters. The molecule has 0 radical (unpaired) electrons. The Morgan fingerprint density at radius 1 is 0.762 bits per heavy atom. The third-order valence-electron chi connectivity index (χ3n) is 3.63. The first kappa shape index (κ1) is 19.9. The van der Waals surface area contributed by atoms with Crippen LogP contribution in [0, 0.1) is 0 Å². The minimum absolute atomic E-state index is 0.0752. The molecule has 0 N–H and O–H groups in total. The molecule has 0 amide bonds. The number of methoxy groups -OCH3 is 1. The predicted molar refractivity (Wildman–Crippen MR) is 91.4 cm³/mol. The third-order valence-corrected chi connectivity index (χ3v) is 3.63. The van der Waals surface area contributed by atoms with Crippen molar-refractivity contribution in [3.8, 4) is 0 Å². The number of carbonyl (C=O) groups excluding carboxylic acids is 1. The summed E-state index contributed by atoms with van der Waals surface area (Å²) >= 11 is 0. The second kappa shape index (κ2) is 17.0. The van der Waals surface area contributed by atoms with E-state index in [9.17, 15) is 4.79 Å². The Balaban J connectivity index is 3.10. The summed E-state index contributed by atoms with van der Waals surface area (Å²) in [6.07, 6.45) is 23.2. The lowest BCUT2D eigenvalue weighted by atomic mass is 10.1. The van der Waals surface area contributed by atoms with Gasteiger partial charge in [-0.2, -0.15) is 0 Å². The molecule has 0 spiro atoms. The number of unbranched alkanes of at least 4 members (excludes halogenated alkanes) is 9. The summed E-state index contributed by atoms with van der Waals surface area (Å²) in [6, 6.07) is 0. The first-order chi connectivity index (χ1) is 10.3. The zero-order valence-electron chi connectivity index (χ0n) is 14.1. The lowest BCUT2D eigenvalue weighted by Crippen LogP contribution is -1.99. The van der Waals surface area contributed by atoms with Gasteiger partial charge in [0.1, 0.15) is 0 Å². The average Bonchev–Trinajstić information content (AvgIpc) is 2.50. The van der Waals surface area contributed by atoms with Crippen molar-refractivity contribution < 1.29 is 9.53 Å². The summed E-state index contributed by atoms with van der Waals surface area (Å²) in [7, 11) is 1.46. The Bertz CT molecular complexity index is 279. The van der Waals surface area contributed by atoms with E-state index in [-0.39, 0.29) is 5.97 Å². The molecular weight excluding hydrogens is 260 g/mol. The van der Waals surface area contributed by atoms with E-state index in [1.54, 1.807) is 0 Å². The summed E-state index contributed by atoms with van der Waals surface area (Å²) in [6.45, 7) is 2.07. The van der Waals surface area contributed by atoms with Crippen molar-refractivity contribution >= 4 is 5.97 Å². The van der Waals surface area contributed by atoms with E-state index in [4.69, 9.17) is 0 Å². The molecule has 0 heterocycles. The number of carbonyl (C=O) groups is 1. The van der Waals surface area contributed by atoms with Crippen LogP contribution in [0.25, 0.3) is 0 Å². The molecule has 0 unspecified atom stereocenters. The van der Waals surface area contributed by atoms with Crippen molar-refractivity contribution in [2.75, 3.05) is 7.11 Å². The minimum atomic E-state index is -0.0752. The number of esters is 1. The summed E-state index contributed by atoms with van der Waals surface area (Å²) in [5, 5.41) is 0. The van der Waals surface area contributed by atoms with Crippen molar-refractivity contribution in [3.05, 3.63) is 24.3 Å². The van der Waals surface area contributed by atoms with Crippen molar-refractivity contribution in [2.24, 2.45) is 0 Å². The maximum absolute atomic E-state index is 10.9. The highest BCUT2D eigenvalue weighted by atomic mass is 16.5. The van der Waals surface area contributed by atoms with Gasteiger partial charge in [-0.1, -0.05) is 62.8 Å². The Morgan fingerprint density at radius 3 is 1.90 bits per heavy atom. The molecule has 0 aromatic rings. The van der Waals surface area contributed by atoms with Gasteiger partial charge in [0, 0.05) is 6.42 Å². The molecule has 0 aliphatic heterocycles. The fraction of sp³-hybridized carbons (Fsp3) is 0.737. The van der Waals surface area contributed by atoms with E-state index in [0.29, 0.717) is 6.42 Å². The topological polar surface area (TPSA) is 26.3 Å². The fourth-order valence-electron chi connectivity index (χ4n) is 2.29. The van der Waals surface area contributed by atoms with Crippen LogP contribution >= 0.6 is 0 Å². The highest BCUT2D eigenvalue weighted by Gasteiger charge is 1.98. The lowest BCUT2D eigenvalue weighted by Gasteiger charge is -2.01. The quantitative estimate of drug-likeness (QED) is 0.224. The van der Waals surface area contributed by atoms with Crippen LogP contribution in [0.5, 0.6) is 0 Å². The van der Waals surface area contributed by atoms with Crippen LogP contribution in [-0.2, 0) is 9.53 Å². The maximum atomic E-state index is 10.9. The minimum Gasteiger partial charge on any atom is -0.469 e. The maximum Gasteiger partial charge on any atom is 0.305 e. The Hall–Kier alpha value is -1.05. The van der Waals surface area contributed by atoms with Crippen LogP contribution < -0.4 is 0 Å². The van der Waals surface area contributed by atoms with E-state index in [1.807, 2.05) is 0 Å². The standard InChI is InChI=1S/C19H34O2/c1-3-4-5-6-7-8-9-10-11-12-13-14-15-16-17-18-19(20)21-2/h3-4,7-8H,5-6,9-18H2,1-2H3. The zero-order valence-corrected chi connectivity index (χ0v) is 14.1. The SMILES string of the molecule is CC=CCCC=CCCCCCCCCCCC(=O)OC. The number of hydrogen-bond acceptors (Lipinski definition) is 2. The van der Waals surface area contributed by atoms with E-state index < -0.39 is 0 Å². The van der Waals surface area contributed by atoms with Gasteiger partial charge in [-0.3, -0.25) is 4.79 Å². The monoisotopic (exact) mass is 294 g/mol. The van der Waals surface area contributed by atoms with Gasteiger partial charge in [-0.15, -0.1) is 0 Å². The molecule has 0 aliphatic carbocycles. The first-order valence-electron chi connectivity index (χ1n) is 8.64. The van der Waals surface area contributed by atoms with Gasteiger partial charge in [0.2, 0.25) is 0 Å². The summed E-state index contributed by atoms with van der Waals surface area (Å²) in [4.78, 5) is 10.9. The van der Waals surface area contributed by atoms with Crippen molar-refractivity contribution in [1.82, 2.24) is 0 Å². The highest BCUT2D eigenvalue weighted by Crippen LogP contribution is 2.11. The second-order valence-corrected chi connectivity index (χ2v) is 5.56. The zero-order chi connectivity index (χ0) is 15.6. The molecule has 0 saturated heterocycles. The number of ether oxygens (including phenoxy) is 1. The number of rotatable bonds is 14. The third kappa shape index (κ3) is 16.9. The molecule has 0 aromatic heterocycles. The Labute approximate surface area is 131 Å². The Kier molecular flexibility index (Phi) is 16.2. The predicted octanol–water partition coefficient (Wildman–Crippen LogP) is 5.97. The molecule has 0 rings (SSSR count). The van der Waals surface area contributed by atoms with Gasteiger partial charge in [0.15, 0.2) is 0 Å². The van der Waals surface area contributed by atoms with E-state index >= 15 is 0 Å². The largest absolute Gasteiger partial charge is 0.469 e. The smallest absolute Gasteiger partial charge is 0.305 e. The summed E-state index contributed by atoms with van der Waals surface area (Å²) in [5.74, 6) is -0.0752. The van der Waals surface area contributed by atoms with Crippen molar-refractivity contribution in [3.63, 3.8) is 0 Å². The van der Waals surface area contributed by atoms with Gasteiger partial charge in [-0.25, -0.2) is 0 Å². The van der Waals surface area contributed by atoms with Gasteiger partial charge in [0.05, 0.1) is 7.11 Å². The summed E-state index contributed by atoms with van der Waals surface area (Å²) in [5.41, 5.74) is 0. The Morgan fingerprint density at radius 2 is 1.29 bits per heavy atom. The van der Waals surface area contributed by atoms with Crippen LogP contribution in [-0.4, -0.2) is 13.1 Å². The first-order valence-corrected chi connectivity index (χ1v) is 8.64. The van der Waals surface area contributed by atoms with Crippen LogP contribution in [0.4, 0.5) is 0 Å². The average molecular weight is 294 g/mol. The van der Waals surface area contributed by atoms with Gasteiger partial charge in [-0.05, 0) is 39.0 Å². The molecule has 2 nitrogen and oxygen atoms in total. The summed E-state index contributed by atoms with van der Waals surface area (Å²) < 4.78 is 4.62. The molecule has 0 aromatic carbocycles. The number of hydrogen-bond donors (Lipinski definition) is 0. The van der Waals surface area contributed by atoms with Gasteiger partial charge < -0.3 is 4.74 Å². The molecule has 0 aliphatic rings. The normalized spacial score (nSPS) is 11.5. The van der Waals surface area contributed by atoms with E-state index in [0.717, 1.165) is 12.8 Å². The number of allylic oxidation sites excluding steroid dienone is 4. The van der Waals surface area contributed by atoms with Crippen molar-refractivity contribution in [2.45, 2.75) is 84.0 Å². The molecule has 21 heavy (non-hydrogen) atoms. The van der Waals surface area contributed by atoms with Gasteiger partial charge >= 0.3 is 5.97 Å². The molecule has 0 fully saturated rings. The molecule has 122 valence electrons. The molecule has 2 heteroatoms. The lowest BCUT2D eigenvalue weighted by molar-refractivity contribution is -0.140. The van der Waals surface area contributed by atoms with E-state index in [2.05, 4.69) is 36.0 Å². The van der Waals surface area contributed by atoms with Crippen molar-refractivity contribution in [1.29, 1.82) is 0 Å². The highest BCUT2D eigenvalue weighted by molar-refractivity contribution is 5.68. The molecular formula is C19H34O2. The van der Waals surface area contributed by atoms with Crippen LogP contribution in [0.2, 0.25) is 0 Å². The van der Waals surface area contributed by atoms with Crippen LogP contribution in [0.1, 0.15) is 84.0 Å². The van der Waals surface area contributed by atoms with Crippen LogP contribution in [0.3, 0.4) is 0 Å². The second-order valence-electron chi connectivity index (χ2n) is 5.56. The molecule has 0 saturated carbocycles. The molecule has 0 bridgehead atoms. The fourth-order valence-corrected chi connectivity index (χ4v) is 2.29. The van der Waals surface area contributed by atoms with Gasteiger partial charge in [0.25, 0.3) is 0 Å². The van der Waals surface area contributed by atoms with E-state index in [1.165, 1.54) is 64.9 Å².